The maximum atomic E-state index is 9.49. The molecule has 1 aromatic heterocycles. The van der Waals surface area contributed by atoms with E-state index in [0.717, 1.165) is 29.8 Å². The third-order valence-corrected chi connectivity index (χ3v) is 4.01. The van der Waals surface area contributed by atoms with E-state index in [0.29, 0.717) is 0 Å². The van der Waals surface area contributed by atoms with Gasteiger partial charge in [0, 0.05) is 16.8 Å². The van der Waals surface area contributed by atoms with Gasteiger partial charge in [0.25, 0.3) is 0 Å². The Morgan fingerprint density at radius 3 is 1.91 bits per heavy atom. The molecule has 3 aromatic rings. The smallest absolute Gasteiger partial charge is 0.115 e. The second-order valence-electron chi connectivity index (χ2n) is 5.46. The molecule has 1 heterocycles. The van der Waals surface area contributed by atoms with Crippen LogP contribution in [0.5, 0.6) is 11.5 Å². The molecule has 23 heavy (non-hydrogen) atoms. The summed E-state index contributed by atoms with van der Waals surface area (Å²) in [4.78, 5) is 0. The number of aromatic hydroxyl groups is 2. The fourth-order valence-electron chi connectivity index (χ4n) is 2.88. The Balaban J connectivity index is 2.18. The summed E-state index contributed by atoms with van der Waals surface area (Å²) >= 11 is 0. The van der Waals surface area contributed by atoms with Crippen LogP contribution in [-0.4, -0.2) is 20.0 Å². The van der Waals surface area contributed by atoms with Gasteiger partial charge in [-0.3, -0.25) is 0 Å². The molecule has 0 aliphatic carbocycles. The zero-order valence-electron chi connectivity index (χ0n) is 13.3. The van der Waals surface area contributed by atoms with Crippen molar-refractivity contribution >= 4 is 0 Å². The van der Waals surface area contributed by atoms with Crippen LogP contribution >= 0.6 is 0 Å². The van der Waals surface area contributed by atoms with E-state index in [1.165, 1.54) is 11.3 Å². The van der Waals surface area contributed by atoms with Gasteiger partial charge >= 0.3 is 0 Å². The Kier molecular flexibility index (Phi) is 4.06. The van der Waals surface area contributed by atoms with Crippen LogP contribution in [0, 0.1) is 0 Å². The highest BCUT2D eigenvalue weighted by atomic mass is 16.3. The molecule has 118 valence electrons. The summed E-state index contributed by atoms with van der Waals surface area (Å²) in [5.74, 6) is 0.494. The SMILES string of the molecule is CCc1c(-c2ccc(O)cc2)nn(-c2ccc(O)cc2)c1CC. The Bertz CT molecular complexity index is 735. The lowest BCUT2D eigenvalue weighted by molar-refractivity contribution is 0.474. The second kappa shape index (κ2) is 6.16. The van der Waals surface area contributed by atoms with Crippen LogP contribution in [0.2, 0.25) is 0 Å². The molecule has 0 atom stereocenters. The van der Waals surface area contributed by atoms with E-state index in [-0.39, 0.29) is 11.5 Å². The molecule has 4 heteroatoms. The number of hydrogen-bond acceptors (Lipinski definition) is 3. The molecule has 0 aliphatic rings. The predicted octanol–water partition coefficient (Wildman–Crippen LogP) is 4.08. The topological polar surface area (TPSA) is 58.3 Å². The maximum absolute atomic E-state index is 9.49. The van der Waals surface area contributed by atoms with Crippen molar-refractivity contribution in [1.82, 2.24) is 9.78 Å². The van der Waals surface area contributed by atoms with Gasteiger partial charge in [0.1, 0.15) is 11.5 Å². The summed E-state index contributed by atoms with van der Waals surface area (Å²) in [5.41, 5.74) is 5.25. The minimum absolute atomic E-state index is 0.244. The van der Waals surface area contributed by atoms with E-state index < -0.39 is 0 Å². The molecule has 0 saturated heterocycles. The van der Waals surface area contributed by atoms with Gasteiger partial charge in [-0.15, -0.1) is 0 Å². The van der Waals surface area contributed by atoms with E-state index in [2.05, 4.69) is 13.8 Å². The lowest BCUT2D eigenvalue weighted by atomic mass is 10.0. The Hall–Kier alpha value is -2.75. The highest BCUT2D eigenvalue weighted by molar-refractivity contribution is 5.65. The number of phenols is 2. The molecule has 0 fully saturated rings. The fourth-order valence-corrected chi connectivity index (χ4v) is 2.88. The van der Waals surface area contributed by atoms with Gasteiger partial charge < -0.3 is 10.2 Å². The zero-order chi connectivity index (χ0) is 16.4. The minimum Gasteiger partial charge on any atom is -0.508 e. The first kappa shape index (κ1) is 15.2. The Morgan fingerprint density at radius 1 is 0.826 bits per heavy atom. The van der Waals surface area contributed by atoms with Crippen LogP contribution in [0.1, 0.15) is 25.1 Å². The second-order valence-corrected chi connectivity index (χ2v) is 5.46. The minimum atomic E-state index is 0.244. The molecular formula is C19H20N2O2. The molecule has 4 nitrogen and oxygen atoms in total. The Labute approximate surface area is 135 Å². The van der Waals surface area contributed by atoms with Gasteiger partial charge in [0.2, 0.25) is 0 Å². The van der Waals surface area contributed by atoms with Gasteiger partial charge in [-0.2, -0.15) is 5.10 Å². The maximum Gasteiger partial charge on any atom is 0.115 e. The third-order valence-electron chi connectivity index (χ3n) is 4.01. The molecule has 0 spiro atoms. The van der Waals surface area contributed by atoms with E-state index >= 15 is 0 Å². The lowest BCUT2D eigenvalue weighted by Crippen LogP contribution is -2.02. The molecule has 2 N–H and O–H groups in total. The van der Waals surface area contributed by atoms with E-state index in [4.69, 9.17) is 5.10 Å². The van der Waals surface area contributed by atoms with Gasteiger partial charge in [-0.1, -0.05) is 13.8 Å². The Morgan fingerprint density at radius 2 is 1.39 bits per heavy atom. The number of nitrogens with zero attached hydrogens (tertiary/aromatic N) is 2. The van der Waals surface area contributed by atoms with Gasteiger partial charge in [-0.05, 0) is 61.4 Å². The van der Waals surface area contributed by atoms with E-state index in [1.807, 2.05) is 28.9 Å². The standard InChI is InChI=1S/C19H20N2O2/c1-3-17-18(4-2)21(14-7-11-16(23)12-8-14)20-19(17)13-5-9-15(22)10-6-13/h5-12,22-23H,3-4H2,1-2H3. The number of phenolic OH excluding ortho intramolecular Hbond substituents is 2. The lowest BCUT2D eigenvalue weighted by Gasteiger charge is -2.07. The summed E-state index contributed by atoms with van der Waals surface area (Å²) in [6, 6.07) is 14.2. The highest BCUT2D eigenvalue weighted by Crippen LogP contribution is 2.29. The van der Waals surface area contributed by atoms with Crippen LogP contribution in [0.4, 0.5) is 0 Å². The van der Waals surface area contributed by atoms with Crippen molar-refractivity contribution in [3.8, 4) is 28.4 Å². The summed E-state index contributed by atoms with van der Waals surface area (Å²) in [6.07, 6.45) is 1.76. The first-order chi connectivity index (χ1) is 11.1. The molecule has 3 rings (SSSR count). The molecular weight excluding hydrogens is 288 g/mol. The normalized spacial score (nSPS) is 10.9. The number of aromatic nitrogens is 2. The first-order valence-corrected chi connectivity index (χ1v) is 7.83. The summed E-state index contributed by atoms with van der Waals surface area (Å²) in [5, 5.41) is 23.8. The van der Waals surface area contributed by atoms with Gasteiger partial charge in [0.05, 0.1) is 11.4 Å². The van der Waals surface area contributed by atoms with Crippen molar-refractivity contribution in [2.24, 2.45) is 0 Å². The van der Waals surface area contributed by atoms with Crippen LogP contribution in [0.15, 0.2) is 48.5 Å². The molecule has 2 aromatic carbocycles. The number of hydrogen-bond donors (Lipinski definition) is 2. The van der Waals surface area contributed by atoms with Crippen LogP contribution < -0.4 is 0 Å². The van der Waals surface area contributed by atoms with Crippen LogP contribution in [0.25, 0.3) is 16.9 Å². The monoisotopic (exact) mass is 308 g/mol. The van der Waals surface area contributed by atoms with Crippen molar-refractivity contribution < 1.29 is 10.2 Å². The number of rotatable bonds is 4. The zero-order valence-corrected chi connectivity index (χ0v) is 13.3. The molecule has 0 radical (unpaired) electrons. The molecule has 0 saturated carbocycles. The molecule has 0 unspecified atom stereocenters. The van der Waals surface area contributed by atoms with Gasteiger partial charge in [0.15, 0.2) is 0 Å². The van der Waals surface area contributed by atoms with Crippen molar-refractivity contribution in [3.63, 3.8) is 0 Å². The van der Waals surface area contributed by atoms with Crippen LogP contribution in [-0.2, 0) is 12.8 Å². The summed E-state index contributed by atoms with van der Waals surface area (Å²) in [6.45, 7) is 4.24. The van der Waals surface area contributed by atoms with Gasteiger partial charge in [-0.25, -0.2) is 4.68 Å². The largest absolute Gasteiger partial charge is 0.508 e. The van der Waals surface area contributed by atoms with Crippen molar-refractivity contribution in [2.75, 3.05) is 0 Å². The number of benzene rings is 2. The van der Waals surface area contributed by atoms with Crippen molar-refractivity contribution in [1.29, 1.82) is 0 Å². The highest BCUT2D eigenvalue weighted by Gasteiger charge is 2.17. The van der Waals surface area contributed by atoms with E-state index in [1.54, 1.807) is 24.3 Å². The summed E-state index contributed by atoms with van der Waals surface area (Å²) < 4.78 is 1.94. The van der Waals surface area contributed by atoms with Crippen LogP contribution in [0.3, 0.4) is 0 Å². The quantitative estimate of drug-likeness (QED) is 0.763. The van der Waals surface area contributed by atoms with Crippen molar-refractivity contribution in [3.05, 3.63) is 59.8 Å². The molecule has 0 amide bonds. The average Bonchev–Trinajstić information content (AvgIpc) is 2.94. The first-order valence-electron chi connectivity index (χ1n) is 7.83. The average molecular weight is 308 g/mol. The fraction of sp³-hybridized carbons (Fsp3) is 0.211. The molecule has 0 bridgehead atoms. The predicted molar refractivity (Wildman–Crippen MR) is 91.1 cm³/mol. The van der Waals surface area contributed by atoms with Crippen molar-refractivity contribution in [2.45, 2.75) is 26.7 Å². The van der Waals surface area contributed by atoms with E-state index in [9.17, 15) is 10.2 Å². The molecule has 0 aliphatic heterocycles. The summed E-state index contributed by atoms with van der Waals surface area (Å²) in [7, 11) is 0. The third kappa shape index (κ3) is 2.80.